The first-order valence-electron chi connectivity index (χ1n) is 6.32. The molecule has 2 aromatic carbocycles. The molecule has 0 amide bonds. The summed E-state index contributed by atoms with van der Waals surface area (Å²) < 4.78 is 0. The van der Waals surface area contributed by atoms with Crippen molar-refractivity contribution in [2.45, 2.75) is 13.8 Å². The Balaban J connectivity index is 1.92. The van der Waals surface area contributed by atoms with E-state index in [1.807, 2.05) is 6.92 Å². The van der Waals surface area contributed by atoms with E-state index < -0.39 is 0 Å². The summed E-state index contributed by atoms with van der Waals surface area (Å²) in [6.45, 7) is 4.15. The van der Waals surface area contributed by atoms with E-state index in [4.69, 9.17) is 0 Å². The molecule has 19 heavy (non-hydrogen) atoms. The minimum atomic E-state index is 1.07. The van der Waals surface area contributed by atoms with Gasteiger partial charge < -0.3 is 0 Å². The highest BCUT2D eigenvalue weighted by atomic mass is 32.1. The molecular weight excluding hydrogens is 250 g/mol. The minimum absolute atomic E-state index is 1.07. The van der Waals surface area contributed by atoms with Crippen molar-refractivity contribution >= 4 is 11.3 Å². The van der Waals surface area contributed by atoms with E-state index in [2.05, 4.69) is 65.8 Å². The fraction of sp³-hybridized carbons (Fsp3) is 0.118. The number of rotatable bonds is 2. The van der Waals surface area contributed by atoms with E-state index in [-0.39, 0.29) is 0 Å². The van der Waals surface area contributed by atoms with Crippen molar-refractivity contribution in [3.05, 3.63) is 64.5 Å². The van der Waals surface area contributed by atoms with Gasteiger partial charge in [-0.2, -0.15) is 0 Å². The Labute approximate surface area is 117 Å². The van der Waals surface area contributed by atoms with E-state index >= 15 is 0 Å². The van der Waals surface area contributed by atoms with Crippen LogP contribution in [0.3, 0.4) is 0 Å². The number of nitrogens with zero attached hydrogens (tertiary/aromatic N) is 1. The average Bonchev–Trinajstić information content (AvgIpc) is 2.87. The number of thiazole rings is 1. The van der Waals surface area contributed by atoms with Crippen LogP contribution in [0.1, 0.15) is 10.6 Å². The summed E-state index contributed by atoms with van der Waals surface area (Å²) in [5.41, 5.74) is 6.04. The summed E-state index contributed by atoms with van der Waals surface area (Å²) in [5, 5.41) is 3.22. The average molecular weight is 265 g/mol. The maximum atomic E-state index is 4.51. The lowest BCUT2D eigenvalue weighted by Gasteiger charge is -2.03. The van der Waals surface area contributed by atoms with Crippen LogP contribution in [0, 0.1) is 13.8 Å². The van der Waals surface area contributed by atoms with E-state index in [0.29, 0.717) is 0 Å². The Morgan fingerprint density at radius 1 is 0.737 bits per heavy atom. The summed E-state index contributed by atoms with van der Waals surface area (Å²) >= 11 is 1.69. The Hall–Kier alpha value is -1.93. The molecule has 1 aromatic heterocycles. The van der Waals surface area contributed by atoms with Crippen LogP contribution in [0.25, 0.3) is 22.4 Å². The van der Waals surface area contributed by atoms with Crippen LogP contribution in [0.2, 0.25) is 0 Å². The molecule has 0 unspecified atom stereocenters. The quantitative estimate of drug-likeness (QED) is 0.628. The van der Waals surface area contributed by atoms with E-state index in [1.165, 1.54) is 22.3 Å². The van der Waals surface area contributed by atoms with Crippen molar-refractivity contribution in [1.29, 1.82) is 0 Å². The van der Waals surface area contributed by atoms with Crippen LogP contribution in [-0.4, -0.2) is 4.98 Å². The standard InChI is InChI=1S/C17H15NS/c1-12-3-5-14(6-4-12)15-7-9-16(10-8-15)17-11-19-13(2)18-17/h3-11H,1-2H3. The molecule has 1 nitrogen and oxygen atoms in total. The van der Waals surface area contributed by atoms with Gasteiger partial charge in [-0.3, -0.25) is 0 Å². The van der Waals surface area contributed by atoms with Gasteiger partial charge in [-0.1, -0.05) is 54.1 Å². The van der Waals surface area contributed by atoms with Gasteiger partial charge in [0, 0.05) is 10.9 Å². The smallest absolute Gasteiger partial charge is 0.0901 e. The summed E-state index contributed by atoms with van der Waals surface area (Å²) in [4.78, 5) is 4.51. The zero-order valence-electron chi connectivity index (χ0n) is 11.1. The Kier molecular flexibility index (Phi) is 3.18. The van der Waals surface area contributed by atoms with Crippen LogP contribution < -0.4 is 0 Å². The lowest BCUT2D eigenvalue weighted by molar-refractivity contribution is 1.30. The molecule has 0 aliphatic heterocycles. The van der Waals surface area contributed by atoms with Crippen LogP contribution in [0.15, 0.2) is 53.9 Å². The highest BCUT2D eigenvalue weighted by molar-refractivity contribution is 7.09. The molecule has 1 heterocycles. The second-order valence-corrected chi connectivity index (χ2v) is 5.76. The first-order valence-corrected chi connectivity index (χ1v) is 7.20. The van der Waals surface area contributed by atoms with Gasteiger partial charge in [-0.15, -0.1) is 11.3 Å². The molecule has 2 heteroatoms. The van der Waals surface area contributed by atoms with Gasteiger partial charge in [-0.05, 0) is 25.0 Å². The van der Waals surface area contributed by atoms with Gasteiger partial charge in [0.05, 0.1) is 10.7 Å². The molecule has 0 spiro atoms. The second-order valence-electron chi connectivity index (χ2n) is 4.70. The molecule has 0 atom stereocenters. The predicted octanol–water partition coefficient (Wildman–Crippen LogP) is 5.09. The van der Waals surface area contributed by atoms with Crippen LogP contribution in [-0.2, 0) is 0 Å². The number of aryl methyl sites for hydroxylation is 2. The SMILES string of the molecule is Cc1ccc(-c2ccc(-c3csc(C)n3)cc2)cc1. The summed E-state index contributed by atoms with van der Waals surface area (Å²) in [5.74, 6) is 0. The highest BCUT2D eigenvalue weighted by Gasteiger charge is 2.03. The first-order chi connectivity index (χ1) is 9.22. The predicted molar refractivity (Wildman–Crippen MR) is 82.5 cm³/mol. The van der Waals surface area contributed by atoms with Gasteiger partial charge in [0.2, 0.25) is 0 Å². The van der Waals surface area contributed by atoms with Crippen molar-refractivity contribution in [3.8, 4) is 22.4 Å². The Morgan fingerprint density at radius 2 is 1.26 bits per heavy atom. The molecular formula is C17H15NS. The lowest BCUT2D eigenvalue weighted by Crippen LogP contribution is -1.81. The third-order valence-corrected chi connectivity index (χ3v) is 3.96. The molecule has 0 N–H and O–H groups in total. The van der Waals surface area contributed by atoms with Crippen LogP contribution in [0.4, 0.5) is 0 Å². The van der Waals surface area contributed by atoms with E-state index in [0.717, 1.165) is 10.7 Å². The monoisotopic (exact) mass is 265 g/mol. The van der Waals surface area contributed by atoms with Gasteiger partial charge in [0.15, 0.2) is 0 Å². The zero-order chi connectivity index (χ0) is 13.2. The molecule has 0 bridgehead atoms. The normalized spacial score (nSPS) is 10.6. The van der Waals surface area contributed by atoms with E-state index in [9.17, 15) is 0 Å². The fourth-order valence-corrected chi connectivity index (χ4v) is 2.70. The van der Waals surface area contributed by atoms with E-state index in [1.54, 1.807) is 11.3 Å². The topological polar surface area (TPSA) is 12.9 Å². The molecule has 3 aromatic rings. The summed E-state index contributed by atoms with van der Waals surface area (Å²) in [7, 11) is 0. The molecule has 0 radical (unpaired) electrons. The van der Waals surface area contributed by atoms with Crippen LogP contribution in [0.5, 0.6) is 0 Å². The molecule has 3 rings (SSSR count). The Bertz CT molecular complexity index is 678. The van der Waals surface area contributed by atoms with Gasteiger partial charge in [0.25, 0.3) is 0 Å². The van der Waals surface area contributed by atoms with Crippen molar-refractivity contribution < 1.29 is 0 Å². The van der Waals surface area contributed by atoms with Crippen molar-refractivity contribution in [1.82, 2.24) is 4.98 Å². The second kappa shape index (κ2) is 4.98. The number of hydrogen-bond donors (Lipinski definition) is 0. The van der Waals surface area contributed by atoms with Crippen molar-refractivity contribution in [2.75, 3.05) is 0 Å². The number of aromatic nitrogens is 1. The van der Waals surface area contributed by atoms with Gasteiger partial charge in [0.1, 0.15) is 0 Å². The lowest BCUT2D eigenvalue weighted by atomic mass is 10.0. The summed E-state index contributed by atoms with van der Waals surface area (Å²) in [6.07, 6.45) is 0. The maximum Gasteiger partial charge on any atom is 0.0901 e. The largest absolute Gasteiger partial charge is 0.242 e. The minimum Gasteiger partial charge on any atom is -0.242 e. The Morgan fingerprint density at radius 3 is 1.79 bits per heavy atom. The van der Waals surface area contributed by atoms with Crippen molar-refractivity contribution in [3.63, 3.8) is 0 Å². The first kappa shape index (κ1) is 12.1. The third kappa shape index (κ3) is 2.59. The summed E-state index contributed by atoms with van der Waals surface area (Å²) in [6, 6.07) is 17.2. The molecule has 94 valence electrons. The number of hydrogen-bond acceptors (Lipinski definition) is 2. The highest BCUT2D eigenvalue weighted by Crippen LogP contribution is 2.25. The van der Waals surface area contributed by atoms with Crippen molar-refractivity contribution in [2.24, 2.45) is 0 Å². The molecule has 0 aliphatic rings. The zero-order valence-corrected chi connectivity index (χ0v) is 11.9. The van der Waals surface area contributed by atoms with Gasteiger partial charge >= 0.3 is 0 Å². The number of benzene rings is 2. The maximum absolute atomic E-state index is 4.51. The molecule has 0 aliphatic carbocycles. The fourth-order valence-electron chi connectivity index (χ4n) is 2.08. The van der Waals surface area contributed by atoms with Crippen LogP contribution >= 0.6 is 11.3 Å². The molecule has 0 fully saturated rings. The van der Waals surface area contributed by atoms with Gasteiger partial charge in [-0.25, -0.2) is 4.98 Å². The molecule has 0 saturated heterocycles. The third-order valence-electron chi connectivity index (χ3n) is 3.18. The molecule has 0 saturated carbocycles.